The number of carboxylic acids is 1. The van der Waals surface area contributed by atoms with Crippen LogP contribution in [0.15, 0.2) is 47.4 Å². The van der Waals surface area contributed by atoms with Gasteiger partial charge in [0.1, 0.15) is 10.7 Å². The first-order chi connectivity index (χ1) is 9.79. The van der Waals surface area contributed by atoms with E-state index in [0.717, 1.165) is 18.2 Å². The Morgan fingerprint density at radius 1 is 1.14 bits per heavy atom. The zero-order valence-corrected chi connectivity index (χ0v) is 12.0. The van der Waals surface area contributed by atoms with Crippen molar-refractivity contribution in [3.05, 3.63) is 58.9 Å². The third kappa shape index (κ3) is 3.50. The Labute approximate surface area is 125 Å². The molecule has 0 amide bonds. The summed E-state index contributed by atoms with van der Waals surface area (Å²) in [5.41, 5.74) is 0.193. The van der Waals surface area contributed by atoms with E-state index in [2.05, 4.69) is 4.72 Å². The van der Waals surface area contributed by atoms with E-state index in [1.807, 2.05) is 0 Å². The Morgan fingerprint density at radius 3 is 2.29 bits per heavy atom. The number of carbonyl (C=O) groups is 1. The minimum absolute atomic E-state index is 0.0257. The number of carboxylic acid groups (broad SMARTS) is 1. The topological polar surface area (TPSA) is 83.5 Å². The molecule has 0 aliphatic carbocycles. The number of anilines is 1. The van der Waals surface area contributed by atoms with Gasteiger partial charge in [0.25, 0.3) is 10.0 Å². The molecule has 2 aromatic carbocycles. The second kappa shape index (κ2) is 5.71. The second-order valence-corrected chi connectivity index (χ2v) is 6.12. The predicted octanol–water partition coefficient (Wildman–Crippen LogP) is 2.98. The van der Waals surface area contributed by atoms with E-state index in [1.54, 1.807) is 0 Å². The molecule has 2 N–H and O–H groups in total. The van der Waals surface area contributed by atoms with Crippen molar-refractivity contribution in [1.82, 2.24) is 0 Å². The summed E-state index contributed by atoms with van der Waals surface area (Å²) < 4.78 is 39.4. The van der Waals surface area contributed by atoms with Crippen LogP contribution < -0.4 is 4.72 Å². The lowest BCUT2D eigenvalue weighted by Gasteiger charge is -2.09. The van der Waals surface area contributed by atoms with Gasteiger partial charge in [-0.3, -0.25) is 4.72 Å². The highest BCUT2D eigenvalue weighted by molar-refractivity contribution is 7.92. The first-order valence-electron chi connectivity index (χ1n) is 5.61. The van der Waals surface area contributed by atoms with Crippen LogP contribution in [0.5, 0.6) is 0 Å². The zero-order valence-electron chi connectivity index (χ0n) is 10.4. The Hall–Kier alpha value is -2.12. The van der Waals surface area contributed by atoms with Crippen molar-refractivity contribution in [2.45, 2.75) is 4.90 Å². The van der Waals surface area contributed by atoms with Gasteiger partial charge in [-0.15, -0.1) is 0 Å². The molecule has 21 heavy (non-hydrogen) atoms. The standard InChI is InChI=1S/C13H9ClFNO4S/c14-11-7-9(15)3-6-12(11)21(19,20)16-10-4-1-8(2-5-10)13(17)18/h1-7,16H,(H,17,18). The predicted molar refractivity (Wildman–Crippen MR) is 75.6 cm³/mol. The van der Waals surface area contributed by atoms with Gasteiger partial charge >= 0.3 is 5.97 Å². The van der Waals surface area contributed by atoms with Gasteiger partial charge in [-0.25, -0.2) is 17.6 Å². The van der Waals surface area contributed by atoms with Crippen molar-refractivity contribution in [2.75, 3.05) is 4.72 Å². The van der Waals surface area contributed by atoms with Crippen LogP contribution in [-0.4, -0.2) is 19.5 Å². The fraction of sp³-hybridized carbons (Fsp3) is 0. The van der Waals surface area contributed by atoms with Crippen LogP contribution in [0.1, 0.15) is 10.4 Å². The molecule has 0 unspecified atom stereocenters. The fourth-order valence-electron chi connectivity index (χ4n) is 1.58. The van der Waals surface area contributed by atoms with E-state index in [9.17, 15) is 17.6 Å². The lowest BCUT2D eigenvalue weighted by atomic mass is 10.2. The number of sulfonamides is 1. The van der Waals surface area contributed by atoms with E-state index in [1.165, 1.54) is 24.3 Å². The summed E-state index contributed by atoms with van der Waals surface area (Å²) in [6.45, 7) is 0. The summed E-state index contributed by atoms with van der Waals surface area (Å²) in [5.74, 6) is -1.77. The molecule has 0 atom stereocenters. The highest BCUT2D eigenvalue weighted by Gasteiger charge is 2.18. The molecule has 0 radical (unpaired) electrons. The number of halogens is 2. The van der Waals surface area contributed by atoms with Gasteiger partial charge in [-0.05, 0) is 42.5 Å². The highest BCUT2D eigenvalue weighted by atomic mass is 35.5. The molecule has 0 bridgehead atoms. The Kier molecular flexibility index (Phi) is 4.15. The summed E-state index contributed by atoms with van der Waals surface area (Å²) in [6, 6.07) is 8.04. The summed E-state index contributed by atoms with van der Waals surface area (Å²) in [7, 11) is -3.99. The molecule has 0 spiro atoms. The first kappa shape index (κ1) is 15.3. The molecular formula is C13H9ClFNO4S. The lowest BCUT2D eigenvalue weighted by Crippen LogP contribution is -2.13. The molecular weight excluding hydrogens is 321 g/mol. The van der Waals surface area contributed by atoms with Crippen molar-refractivity contribution in [2.24, 2.45) is 0 Å². The molecule has 0 saturated heterocycles. The van der Waals surface area contributed by atoms with Crippen LogP contribution in [0.4, 0.5) is 10.1 Å². The van der Waals surface area contributed by atoms with Gasteiger partial charge in [0.05, 0.1) is 10.6 Å². The zero-order chi connectivity index (χ0) is 15.6. The van der Waals surface area contributed by atoms with Crippen molar-refractivity contribution in [3.63, 3.8) is 0 Å². The summed E-state index contributed by atoms with van der Waals surface area (Å²) in [6.07, 6.45) is 0. The second-order valence-electron chi connectivity index (χ2n) is 4.06. The van der Waals surface area contributed by atoms with E-state index >= 15 is 0 Å². The average molecular weight is 330 g/mol. The summed E-state index contributed by atoms with van der Waals surface area (Å²) in [4.78, 5) is 10.4. The molecule has 5 nitrogen and oxygen atoms in total. The number of nitrogens with one attached hydrogen (secondary N) is 1. The maximum absolute atomic E-state index is 12.9. The minimum atomic E-state index is -3.99. The van der Waals surface area contributed by atoms with Crippen LogP contribution in [0.2, 0.25) is 5.02 Å². The van der Waals surface area contributed by atoms with Crippen LogP contribution >= 0.6 is 11.6 Å². The Morgan fingerprint density at radius 2 is 1.76 bits per heavy atom. The van der Waals surface area contributed by atoms with Crippen LogP contribution in [0, 0.1) is 5.82 Å². The molecule has 0 aliphatic rings. The summed E-state index contributed by atoms with van der Waals surface area (Å²) in [5, 5.41) is 8.51. The normalized spacial score (nSPS) is 11.1. The lowest BCUT2D eigenvalue weighted by molar-refractivity contribution is 0.0697. The fourth-order valence-corrected chi connectivity index (χ4v) is 3.18. The maximum Gasteiger partial charge on any atom is 0.335 e. The highest BCUT2D eigenvalue weighted by Crippen LogP contribution is 2.24. The van der Waals surface area contributed by atoms with Gasteiger partial charge in [-0.1, -0.05) is 11.6 Å². The van der Waals surface area contributed by atoms with Gasteiger partial charge in [0, 0.05) is 5.69 Å². The monoisotopic (exact) mass is 329 g/mol. The molecule has 0 aromatic heterocycles. The number of hydrogen-bond donors (Lipinski definition) is 2. The molecule has 0 heterocycles. The van der Waals surface area contributed by atoms with Gasteiger partial charge < -0.3 is 5.11 Å². The van der Waals surface area contributed by atoms with Crippen molar-refractivity contribution in [3.8, 4) is 0 Å². The molecule has 0 aliphatic heterocycles. The van der Waals surface area contributed by atoms with Crippen LogP contribution in [0.3, 0.4) is 0 Å². The van der Waals surface area contributed by atoms with E-state index in [-0.39, 0.29) is 21.2 Å². The van der Waals surface area contributed by atoms with Crippen molar-refractivity contribution < 1.29 is 22.7 Å². The molecule has 0 saturated carbocycles. The molecule has 2 aromatic rings. The number of benzene rings is 2. The van der Waals surface area contributed by atoms with E-state index < -0.39 is 21.8 Å². The largest absolute Gasteiger partial charge is 0.478 e. The van der Waals surface area contributed by atoms with E-state index in [4.69, 9.17) is 16.7 Å². The van der Waals surface area contributed by atoms with Crippen molar-refractivity contribution >= 4 is 33.3 Å². The van der Waals surface area contributed by atoms with Gasteiger partial charge in [0.2, 0.25) is 0 Å². The molecule has 2 rings (SSSR count). The third-order valence-electron chi connectivity index (χ3n) is 2.57. The number of hydrogen-bond acceptors (Lipinski definition) is 3. The van der Waals surface area contributed by atoms with Gasteiger partial charge in [0.15, 0.2) is 0 Å². The molecule has 110 valence electrons. The van der Waals surface area contributed by atoms with Gasteiger partial charge in [-0.2, -0.15) is 0 Å². The third-order valence-corrected chi connectivity index (χ3v) is 4.43. The van der Waals surface area contributed by atoms with Crippen LogP contribution in [-0.2, 0) is 10.0 Å². The molecule has 8 heteroatoms. The quantitative estimate of drug-likeness (QED) is 0.903. The van der Waals surface area contributed by atoms with Crippen molar-refractivity contribution in [1.29, 1.82) is 0 Å². The smallest absolute Gasteiger partial charge is 0.335 e. The molecule has 0 fully saturated rings. The summed E-state index contributed by atoms with van der Waals surface area (Å²) >= 11 is 5.71. The SMILES string of the molecule is O=C(O)c1ccc(NS(=O)(=O)c2ccc(F)cc2Cl)cc1. The number of aromatic carboxylic acids is 1. The number of rotatable bonds is 4. The Balaban J connectivity index is 2.30. The average Bonchev–Trinajstić information content (AvgIpc) is 2.38. The minimum Gasteiger partial charge on any atom is -0.478 e. The van der Waals surface area contributed by atoms with E-state index in [0.29, 0.717) is 0 Å². The maximum atomic E-state index is 12.9. The van der Waals surface area contributed by atoms with Crippen LogP contribution in [0.25, 0.3) is 0 Å². The Bertz CT molecular complexity index is 790. The first-order valence-corrected chi connectivity index (χ1v) is 7.47.